The number of carbonyl (C=O) groups excluding carboxylic acids is 2. The van der Waals surface area contributed by atoms with E-state index in [0.29, 0.717) is 12.2 Å². The summed E-state index contributed by atoms with van der Waals surface area (Å²) in [5.74, 6) is -0.0708. The fourth-order valence-corrected chi connectivity index (χ4v) is 3.97. The molecule has 2 aromatic carbocycles. The lowest BCUT2D eigenvalue weighted by molar-refractivity contribution is -0.130. The Balaban J connectivity index is 2.22. The van der Waals surface area contributed by atoms with Crippen molar-refractivity contribution in [2.24, 2.45) is 0 Å². The molecule has 2 aromatic rings. The van der Waals surface area contributed by atoms with Gasteiger partial charge in [0.1, 0.15) is 5.75 Å². The summed E-state index contributed by atoms with van der Waals surface area (Å²) < 4.78 is 32.6. The van der Waals surface area contributed by atoms with Gasteiger partial charge in [-0.3, -0.25) is 9.59 Å². The number of sulfonamides is 1. The number of benzene rings is 2. The van der Waals surface area contributed by atoms with Gasteiger partial charge in [-0.2, -0.15) is 0 Å². The van der Waals surface area contributed by atoms with Crippen molar-refractivity contribution in [2.75, 3.05) is 27.2 Å². The van der Waals surface area contributed by atoms with Crippen molar-refractivity contribution in [1.82, 2.24) is 14.9 Å². The van der Waals surface area contributed by atoms with Crippen molar-refractivity contribution in [3.05, 3.63) is 59.7 Å². The van der Waals surface area contributed by atoms with Crippen LogP contribution >= 0.6 is 0 Å². The fourth-order valence-electron chi connectivity index (χ4n) is 2.89. The Morgan fingerprint density at radius 2 is 1.77 bits per heavy atom. The molecule has 0 heterocycles. The molecule has 8 nitrogen and oxygen atoms in total. The standard InChI is InChI=1S/C22H29N3O5S/c1-5-19(18-12-7-8-13-20(18)30-15-21(26)25(3)4)24-22(27)16-10-9-11-17(14-16)31(28,29)23-6-2/h7-14,19,23H,5-6,15H2,1-4H3,(H,24,27). The number of amides is 2. The van der Waals surface area contributed by atoms with Crippen LogP contribution < -0.4 is 14.8 Å². The van der Waals surface area contributed by atoms with Crippen LogP contribution in [0.25, 0.3) is 0 Å². The Kier molecular flexibility index (Phi) is 8.58. The predicted molar refractivity (Wildman–Crippen MR) is 118 cm³/mol. The summed E-state index contributed by atoms with van der Waals surface area (Å²) in [6.45, 7) is 3.74. The molecule has 0 aromatic heterocycles. The molecule has 0 aliphatic carbocycles. The van der Waals surface area contributed by atoms with E-state index >= 15 is 0 Å². The van der Waals surface area contributed by atoms with Crippen LogP contribution in [0.2, 0.25) is 0 Å². The largest absolute Gasteiger partial charge is 0.483 e. The van der Waals surface area contributed by atoms with Crippen molar-refractivity contribution >= 4 is 21.8 Å². The highest BCUT2D eigenvalue weighted by Crippen LogP contribution is 2.27. The molecule has 1 unspecified atom stereocenters. The zero-order valence-electron chi connectivity index (χ0n) is 18.2. The molecule has 9 heteroatoms. The molecule has 168 valence electrons. The van der Waals surface area contributed by atoms with E-state index in [1.54, 1.807) is 39.2 Å². The minimum atomic E-state index is -3.67. The summed E-state index contributed by atoms with van der Waals surface area (Å²) >= 11 is 0. The van der Waals surface area contributed by atoms with Crippen molar-refractivity contribution in [3.8, 4) is 5.75 Å². The van der Waals surface area contributed by atoms with Gasteiger partial charge >= 0.3 is 0 Å². The first-order valence-corrected chi connectivity index (χ1v) is 11.5. The van der Waals surface area contributed by atoms with Gasteiger partial charge in [-0.1, -0.05) is 38.1 Å². The number of carbonyl (C=O) groups is 2. The number of para-hydroxylation sites is 1. The maximum absolute atomic E-state index is 12.9. The number of likely N-dealkylation sites (N-methyl/N-ethyl adjacent to an activating group) is 1. The van der Waals surface area contributed by atoms with Crippen LogP contribution in [0.15, 0.2) is 53.4 Å². The summed E-state index contributed by atoms with van der Waals surface area (Å²) in [5, 5.41) is 2.93. The average Bonchev–Trinajstić information content (AvgIpc) is 2.76. The van der Waals surface area contributed by atoms with Gasteiger partial charge < -0.3 is 15.0 Å². The molecule has 0 radical (unpaired) electrons. The molecule has 31 heavy (non-hydrogen) atoms. The smallest absolute Gasteiger partial charge is 0.259 e. The lowest BCUT2D eigenvalue weighted by Gasteiger charge is -2.21. The molecular formula is C22H29N3O5S. The van der Waals surface area contributed by atoms with Crippen LogP contribution in [0.1, 0.15) is 42.2 Å². The van der Waals surface area contributed by atoms with Gasteiger partial charge in [0.15, 0.2) is 6.61 Å². The molecular weight excluding hydrogens is 418 g/mol. The quantitative estimate of drug-likeness (QED) is 0.582. The second-order valence-corrected chi connectivity index (χ2v) is 8.85. The molecule has 0 saturated carbocycles. The maximum atomic E-state index is 12.9. The monoisotopic (exact) mass is 447 g/mol. The Hall–Kier alpha value is -2.91. The van der Waals surface area contributed by atoms with Crippen LogP contribution in [0.4, 0.5) is 0 Å². The summed E-state index contributed by atoms with van der Waals surface area (Å²) in [7, 11) is -0.368. The fraction of sp³-hybridized carbons (Fsp3) is 0.364. The molecule has 0 fully saturated rings. The third kappa shape index (κ3) is 6.53. The van der Waals surface area contributed by atoms with Crippen molar-refractivity contribution < 1.29 is 22.7 Å². The number of nitrogens with one attached hydrogen (secondary N) is 2. The van der Waals surface area contributed by atoms with Crippen LogP contribution in [0, 0.1) is 0 Å². The summed E-state index contributed by atoms with van der Waals surface area (Å²) in [5.41, 5.74) is 0.972. The Bertz CT molecular complexity index is 1020. The van der Waals surface area contributed by atoms with E-state index in [1.165, 1.54) is 23.1 Å². The second kappa shape index (κ2) is 10.9. The number of hydrogen-bond donors (Lipinski definition) is 2. The normalized spacial score (nSPS) is 12.1. The van der Waals surface area contributed by atoms with E-state index in [9.17, 15) is 18.0 Å². The third-order valence-electron chi connectivity index (χ3n) is 4.60. The van der Waals surface area contributed by atoms with Crippen LogP contribution in [-0.2, 0) is 14.8 Å². The lowest BCUT2D eigenvalue weighted by Crippen LogP contribution is -2.30. The topological polar surface area (TPSA) is 105 Å². The third-order valence-corrected chi connectivity index (χ3v) is 6.14. The number of rotatable bonds is 10. The summed E-state index contributed by atoms with van der Waals surface area (Å²) in [6, 6.07) is 12.7. The first kappa shape index (κ1) is 24.4. The molecule has 0 aliphatic rings. The highest BCUT2D eigenvalue weighted by Gasteiger charge is 2.20. The van der Waals surface area contributed by atoms with Gasteiger partial charge in [0.2, 0.25) is 10.0 Å². The second-order valence-electron chi connectivity index (χ2n) is 7.08. The Morgan fingerprint density at radius 3 is 2.42 bits per heavy atom. The minimum absolute atomic E-state index is 0.0287. The lowest BCUT2D eigenvalue weighted by atomic mass is 10.0. The first-order valence-electron chi connectivity index (χ1n) is 10.0. The Labute approximate surface area is 183 Å². The number of hydrogen-bond acceptors (Lipinski definition) is 5. The van der Waals surface area contributed by atoms with E-state index in [2.05, 4.69) is 10.0 Å². The van der Waals surface area contributed by atoms with Crippen molar-refractivity contribution in [2.45, 2.75) is 31.2 Å². The van der Waals surface area contributed by atoms with Gasteiger partial charge in [-0.05, 0) is 30.7 Å². The van der Waals surface area contributed by atoms with E-state index in [4.69, 9.17) is 4.74 Å². The Morgan fingerprint density at radius 1 is 1.06 bits per heavy atom. The summed E-state index contributed by atoms with van der Waals surface area (Å²) in [4.78, 5) is 26.2. The van der Waals surface area contributed by atoms with Gasteiger partial charge in [0.25, 0.3) is 11.8 Å². The van der Waals surface area contributed by atoms with E-state index in [-0.39, 0.29) is 35.6 Å². The van der Waals surface area contributed by atoms with Gasteiger partial charge in [-0.15, -0.1) is 0 Å². The van der Waals surface area contributed by atoms with Crippen molar-refractivity contribution in [1.29, 1.82) is 0 Å². The number of nitrogens with zero attached hydrogens (tertiary/aromatic N) is 1. The first-order chi connectivity index (χ1) is 14.7. The van der Waals surface area contributed by atoms with Crippen LogP contribution in [0.3, 0.4) is 0 Å². The van der Waals surface area contributed by atoms with E-state index in [1.807, 2.05) is 19.1 Å². The van der Waals surface area contributed by atoms with Gasteiger partial charge in [0.05, 0.1) is 10.9 Å². The van der Waals surface area contributed by atoms with Crippen LogP contribution in [-0.4, -0.2) is 52.4 Å². The van der Waals surface area contributed by atoms with Gasteiger partial charge in [0, 0.05) is 31.8 Å². The minimum Gasteiger partial charge on any atom is -0.483 e. The molecule has 2 amide bonds. The molecule has 0 spiro atoms. The molecule has 1 atom stereocenters. The number of ether oxygens (including phenoxy) is 1. The van der Waals surface area contributed by atoms with Gasteiger partial charge in [-0.25, -0.2) is 13.1 Å². The maximum Gasteiger partial charge on any atom is 0.259 e. The molecule has 2 N–H and O–H groups in total. The molecule has 2 rings (SSSR count). The summed E-state index contributed by atoms with van der Waals surface area (Å²) in [6.07, 6.45) is 0.573. The molecule has 0 bridgehead atoms. The highest BCUT2D eigenvalue weighted by molar-refractivity contribution is 7.89. The molecule has 0 aliphatic heterocycles. The zero-order valence-corrected chi connectivity index (χ0v) is 19.0. The van der Waals surface area contributed by atoms with Crippen LogP contribution in [0.5, 0.6) is 5.75 Å². The predicted octanol–water partition coefficient (Wildman–Crippen LogP) is 2.33. The SMILES string of the molecule is CCNS(=O)(=O)c1cccc(C(=O)NC(CC)c2ccccc2OCC(=O)N(C)C)c1. The molecule has 0 saturated heterocycles. The van der Waals surface area contributed by atoms with Crippen molar-refractivity contribution in [3.63, 3.8) is 0 Å². The zero-order chi connectivity index (χ0) is 23.0. The highest BCUT2D eigenvalue weighted by atomic mass is 32.2. The van der Waals surface area contributed by atoms with E-state index in [0.717, 1.165) is 5.56 Å². The average molecular weight is 448 g/mol. The van der Waals surface area contributed by atoms with E-state index < -0.39 is 15.9 Å².